The van der Waals surface area contributed by atoms with Crippen molar-refractivity contribution in [1.29, 1.82) is 0 Å². The van der Waals surface area contributed by atoms with E-state index < -0.39 is 0 Å². The standard InChI is InChI=1S/C18H30N2/c1-3-7-13-11(5-1)17-15(19-13)9-10-16-18(17)12-6-2-4-8-14(12)20-16/h11-20H,1-10H2. The molecule has 0 amide bonds. The van der Waals surface area contributed by atoms with Gasteiger partial charge in [-0.05, 0) is 62.2 Å². The Labute approximate surface area is 123 Å². The fourth-order valence-corrected chi connectivity index (χ4v) is 7.04. The van der Waals surface area contributed by atoms with E-state index in [1.807, 2.05) is 0 Å². The van der Waals surface area contributed by atoms with E-state index in [0.717, 1.165) is 47.8 Å². The maximum atomic E-state index is 4.08. The molecule has 2 heterocycles. The molecule has 3 aliphatic carbocycles. The lowest BCUT2D eigenvalue weighted by atomic mass is 9.62. The smallest absolute Gasteiger partial charge is 0.0105 e. The lowest BCUT2D eigenvalue weighted by molar-refractivity contribution is 0.103. The van der Waals surface area contributed by atoms with Crippen LogP contribution in [0.25, 0.3) is 0 Å². The Bertz CT molecular complexity index is 346. The van der Waals surface area contributed by atoms with E-state index in [9.17, 15) is 0 Å². The second-order valence-electron chi connectivity index (χ2n) is 8.39. The Morgan fingerprint density at radius 2 is 0.900 bits per heavy atom. The van der Waals surface area contributed by atoms with Gasteiger partial charge < -0.3 is 10.6 Å². The zero-order valence-corrected chi connectivity index (χ0v) is 12.7. The second-order valence-corrected chi connectivity index (χ2v) is 8.39. The third kappa shape index (κ3) is 1.70. The first-order valence-electron chi connectivity index (χ1n) is 9.44. The molecule has 8 atom stereocenters. The Balaban J connectivity index is 1.46. The zero-order valence-electron chi connectivity index (χ0n) is 12.7. The first-order valence-corrected chi connectivity index (χ1v) is 9.44. The summed E-state index contributed by atoms with van der Waals surface area (Å²) in [6.07, 6.45) is 14.9. The lowest BCUT2D eigenvalue weighted by Gasteiger charge is -2.42. The molecule has 0 spiro atoms. The minimum absolute atomic E-state index is 0.881. The molecule has 2 saturated heterocycles. The van der Waals surface area contributed by atoms with Gasteiger partial charge in [0.25, 0.3) is 0 Å². The fourth-order valence-electron chi connectivity index (χ4n) is 7.04. The highest BCUT2D eigenvalue weighted by atomic mass is 15.1. The molecule has 2 aliphatic heterocycles. The van der Waals surface area contributed by atoms with Gasteiger partial charge in [0.05, 0.1) is 0 Å². The third-order valence-corrected chi connectivity index (χ3v) is 7.65. The van der Waals surface area contributed by atoms with E-state index in [1.165, 1.54) is 64.2 Å². The molecule has 2 heteroatoms. The van der Waals surface area contributed by atoms with Crippen molar-refractivity contribution in [2.24, 2.45) is 23.7 Å². The summed E-state index contributed by atoms with van der Waals surface area (Å²) >= 11 is 0. The molecule has 3 saturated carbocycles. The van der Waals surface area contributed by atoms with Crippen molar-refractivity contribution in [3.63, 3.8) is 0 Å². The summed E-state index contributed by atoms with van der Waals surface area (Å²) in [5.74, 6) is 4.12. The number of fused-ring (bicyclic) bond motifs is 7. The van der Waals surface area contributed by atoms with Crippen LogP contribution >= 0.6 is 0 Å². The van der Waals surface area contributed by atoms with Crippen LogP contribution in [0, 0.1) is 23.7 Å². The van der Waals surface area contributed by atoms with Crippen LogP contribution in [0.15, 0.2) is 0 Å². The van der Waals surface area contributed by atoms with Crippen LogP contribution in [0.2, 0.25) is 0 Å². The Hall–Kier alpha value is -0.0800. The topological polar surface area (TPSA) is 24.1 Å². The van der Waals surface area contributed by atoms with Crippen LogP contribution < -0.4 is 10.6 Å². The van der Waals surface area contributed by atoms with E-state index in [-0.39, 0.29) is 0 Å². The minimum atomic E-state index is 0.881. The van der Waals surface area contributed by atoms with Crippen LogP contribution in [-0.2, 0) is 0 Å². The second kappa shape index (κ2) is 4.71. The molecule has 8 unspecified atom stereocenters. The maximum Gasteiger partial charge on any atom is 0.0105 e. The Morgan fingerprint density at radius 3 is 1.40 bits per heavy atom. The van der Waals surface area contributed by atoms with E-state index in [1.54, 1.807) is 0 Å². The quantitative estimate of drug-likeness (QED) is 0.709. The van der Waals surface area contributed by atoms with E-state index in [2.05, 4.69) is 10.6 Å². The number of nitrogens with one attached hydrogen (secondary N) is 2. The number of hydrogen-bond donors (Lipinski definition) is 2. The first-order chi connectivity index (χ1) is 9.92. The van der Waals surface area contributed by atoms with Crippen LogP contribution in [-0.4, -0.2) is 24.2 Å². The molecule has 2 N–H and O–H groups in total. The van der Waals surface area contributed by atoms with Crippen molar-refractivity contribution in [3.05, 3.63) is 0 Å². The van der Waals surface area contributed by atoms with Gasteiger partial charge in [-0.3, -0.25) is 0 Å². The third-order valence-electron chi connectivity index (χ3n) is 7.65. The summed E-state index contributed by atoms with van der Waals surface area (Å²) < 4.78 is 0. The van der Waals surface area contributed by atoms with Crippen LogP contribution in [0.3, 0.4) is 0 Å². The van der Waals surface area contributed by atoms with Gasteiger partial charge >= 0.3 is 0 Å². The van der Waals surface area contributed by atoms with Crippen molar-refractivity contribution >= 4 is 0 Å². The van der Waals surface area contributed by atoms with E-state index >= 15 is 0 Å². The summed E-state index contributed by atoms with van der Waals surface area (Å²) in [5, 5.41) is 8.15. The van der Waals surface area contributed by atoms with Crippen LogP contribution in [0.1, 0.15) is 64.2 Å². The molecule has 112 valence electrons. The Morgan fingerprint density at radius 1 is 0.450 bits per heavy atom. The van der Waals surface area contributed by atoms with Crippen molar-refractivity contribution in [2.75, 3.05) is 0 Å². The number of rotatable bonds is 0. The van der Waals surface area contributed by atoms with Crippen LogP contribution in [0.4, 0.5) is 0 Å². The predicted molar refractivity (Wildman–Crippen MR) is 81.6 cm³/mol. The van der Waals surface area contributed by atoms with Gasteiger partial charge in [0.2, 0.25) is 0 Å². The lowest BCUT2D eigenvalue weighted by Crippen LogP contribution is -2.45. The summed E-state index contributed by atoms with van der Waals surface area (Å²) in [6.45, 7) is 0. The molecular weight excluding hydrogens is 244 g/mol. The van der Waals surface area contributed by atoms with Crippen LogP contribution in [0.5, 0.6) is 0 Å². The maximum absolute atomic E-state index is 4.08. The molecule has 0 aromatic heterocycles. The largest absolute Gasteiger partial charge is 0.311 e. The highest BCUT2D eigenvalue weighted by Gasteiger charge is 2.56. The van der Waals surface area contributed by atoms with Gasteiger partial charge in [-0.25, -0.2) is 0 Å². The fraction of sp³-hybridized carbons (Fsp3) is 1.00. The molecule has 20 heavy (non-hydrogen) atoms. The van der Waals surface area contributed by atoms with Crippen molar-refractivity contribution in [2.45, 2.75) is 88.4 Å². The van der Waals surface area contributed by atoms with Gasteiger partial charge in [0.1, 0.15) is 0 Å². The van der Waals surface area contributed by atoms with Gasteiger partial charge in [0, 0.05) is 24.2 Å². The normalized spacial score (nSPS) is 57.6. The van der Waals surface area contributed by atoms with E-state index in [0.29, 0.717) is 0 Å². The average Bonchev–Trinajstić information content (AvgIpc) is 3.04. The van der Waals surface area contributed by atoms with Crippen molar-refractivity contribution < 1.29 is 0 Å². The molecule has 0 bridgehead atoms. The van der Waals surface area contributed by atoms with Gasteiger partial charge in [0.15, 0.2) is 0 Å². The average molecular weight is 274 g/mol. The molecule has 0 radical (unpaired) electrons. The molecule has 5 fully saturated rings. The minimum Gasteiger partial charge on any atom is -0.311 e. The molecule has 0 aromatic rings. The highest BCUT2D eigenvalue weighted by Crippen LogP contribution is 2.53. The van der Waals surface area contributed by atoms with Gasteiger partial charge in [-0.1, -0.05) is 25.7 Å². The molecular formula is C18H30N2. The summed E-state index contributed by atoms with van der Waals surface area (Å²) in [4.78, 5) is 0. The highest BCUT2D eigenvalue weighted by molar-refractivity contribution is 5.12. The first kappa shape index (κ1) is 12.5. The monoisotopic (exact) mass is 274 g/mol. The molecule has 5 rings (SSSR count). The van der Waals surface area contributed by atoms with Crippen molar-refractivity contribution in [1.82, 2.24) is 10.6 Å². The van der Waals surface area contributed by atoms with Crippen molar-refractivity contribution in [3.8, 4) is 0 Å². The Kier molecular flexibility index (Phi) is 2.93. The van der Waals surface area contributed by atoms with E-state index in [4.69, 9.17) is 0 Å². The molecule has 2 nitrogen and oxygen atoms in total. The SMILES string of the molecule is C1CCC2C(C1)NC1CCC3NC4CCCCC4C3C12. The van der Waals surface area contributed by atoms with Gasteiger partial charge in [-0.15, -0.1) is 0 Å². The van der Waals surface area contributed by atoms with Gasteiger partial charge in [-0.2, -0.15) is 0 Å². The molecule has 5 aliphatic rings. The zero-order chi connectivity index (χ0) is 13.1. The predicted octanol–water partition coefficient (Wildman–Crippen LogP) is 3.07. The summed E-state index contributed by atoms with van der Waals surface area (Å²) in [7, 11) is 0. The summed E-state index contributed by atoms with van der Waals surface area (Å²) in [5.41, 5.74) is 0. The summed E-state index contributed by atoms with van der Waals surface area (Å²) in [6, 6.07) is 3.54. The number of hydrogen-bond acceptors (Lipinski definition) is 2. The molecule has 0 aromatic carbocycles.